The lowest BCUT2D eigenvalue weighted by atomic mass is 9.68. The summed E-state index contributed by atoms with van der Waals surface area (Å²) < 4.78 is 10.6. The summed E-state index contributed by atoms with van der Waals surface area (Å²) in [7, 11) is 1.33. The second-order valence-corrected chi connectivity index (χ2v) is 5.23. The van der Waals surface area contributed by atoms with E-state index in [1.807, 2.05) is 0 Å². The van der Waals surface area contributed by atoms with E-state index in [1.54, 1.807) is 0 Å². The van der Waals surface area contributed by atoms with Gasteiger partial charge in [-0.3, -0.25) is 10.1 Å². The van der Waals surface area contributed by atoms with E-state index < -0.39 is 4.92 Å². The van der Waals surface area contributed by atoms with Crippen LogP contribution in [0, 0.1) is 16.0 Å². The largest absolute Gasteiger partial charge is 0.476 e. The van der Waals surface area contributed by atoms with Gasteiger partial charge in [-0.1, -0.05) is 0 Å². The van der Waals surface area contributed by atoms with Crippen LogP contribution in [-0.4, -0.2) is 46.8 Å². The van der Waals surface area contributed by atoms with Crippen molar-refractivity contribution in [3.63, 3.8) is 0 Å². The van der Waals surface area contributed by atoms with Crippen LogP contribution < -0.4 is 15.8 Å². The monoisotopic (exact) mass is 295 g/mol. The van der Waals surface area contributed by atoms with Gasteiger partial charge in [-0.15, -0.1) is 0 Å². The fourth-order valence-electron chi connectivity index (χ4n) is 3.07. The van der Waals surface area contributed by atoms with Crippen LogP contribution in [0.3, 0.4) is 0 Å². The van der Waals surface area contributed by atoms with E-state index in [9.17, 15) is 10.1 Å². The van der Waals surface area contributed by atoms with Gasteiger partial charge < -0.3 is 20.5 Å². The Balaban J connectivity index is 1.83. The number of methoxy groups -OCH3 is 1. The van der Waals surface area contributed by atoms with Crippen LogP contribution in [-0.2, 0) is 4.74 Å². The van der Waals surface area contributed by atoms with E-state index in [2.05, 4.69) is 15.3 Å². The first-order valence-corrected chi connectivity index (χ1v) is 6.80. The molecule has 9 nitrogen and oxygen atoms in total. The van der Waals surface area contributed by atoms with Crippen LogP contribution in [0.4, 0.5) is 11.5 Å². The van der Waals surface area contributed by atoms with Gasteiger partial charge in [-0.2, -0.15) is 4.98 Å². The third-order valence-electron chi connectivity index (χ3n) is 4.15. The molecule has 2 heterocycles. The van der Waals surface area contributed by atoms with Crippen LogP contribution >= 0.6 is 0 Å². The lowest BCUT2D eigenvalue weighted by Gasteiger charge is -2.52. The number of ether oxygens (including phenoxy) is 2. The number of hydrogen-bond donors (Lipinski definition) is 2. The summed E-state index contributed by atoms with van der Waals surface area (Å²) in [5.41, 5.74) is 5.85. The molecule has 1 aromatic rings. The molecule has 9 heteroatoms. The second kappa shape index (κ2) is 5.41. The maximum absolute atomic E-state index is 11.2. The molecule has 21 heavy (non-hydrogen) atoms. The SMILES string of the molecule is COc1ncnc(NC2C(N)C3CCCOC32)c1[N+](=O)[O-]. The number of nitrogens with zero attached hydrogens (tertiary/aromatic N) is 3. The predicted molar refractivity (Wildman–Crippen MR) is 73.1 cm³/mol. The molecule has 3 N–H and O–H groups in total. The first-order valence-electron chi connectivity index (χ1n) is 6.80. The van der Waals surface area contributed by atoms with Crippen LogP contribution in [0.15, 0.2) is 6.33 Å². The first-order chi connectivity index (χ1) is 10.1. The van der Waals surface area contributed by atoms with Crippen molar-refractivity contribution in [1.29, 1.82) is 0 Å². The van der Waals surface area contributed by atoms with Crippen molar-refractivity contribution in [2.24, 2.45) is 11.7 Å². The third kappa shape index (κ3) is 2.28. The lowest BCUT2D eigenvalue weighted by Crippen LogP contribution is -2.69. The molecule has 2 fully saturated rings. The van der Waals surface area contributed by atoms with Crippen molar-refractivity contribution < 1.29 is 14.4 Å². The second-order valence-electron chi connectivity index (χ2n) is 5.23. The zero-order valence-electron chi connectivity index (χ0n) is 11.6. The van der Waals surface area contributed by atoms with E-state index in [4.69, 9.17) is 15.2 Å². The van der Waals surface area contributed by atoms with E-state index in [1.165, 1.54) is 13.4 Å². The number of nitrogens with one attached hydrogen (secondary N) is 1. The predicted octanol–water partition coefficient (Wildman–Crippen LogP) is 0.310. The van der Waals surface area contributed by atoms with Crippen LogP contribution in [0.5, 0.6) is 5.88 Å². The van der Waals surface area contributed by atoms with Crippen molar-refractivity contribution in [3.8, 4) is 5.88 Å². The summed E-state index contributed by atoms with van der Waals surface area (Å²) >= 11 is 0. The van der Waals surface area contributed by atoms with E-state index in [0.717, 1.165) is 12.8 Å². The summed E-state index contributed by atoms with van der Waals surface area (Å²) in [6, 6.07) is -0.288. The van der Waals surface area contributed by atoms with Gasteiger partial charge in [0.2, 0.25) is 5.82 Å². The number of anilines is 1. The molecule has 2 aliphatic rings. The van der Waals surface area contributed by atoms with Crippen molar-refractivity contribution in [3.05, 3.63) is 16.4 Å². The summed E-state index contributed by atoms with van der Waals surface area (Å²) in [5.74, 6) is 0.338. The van der Waals surface area contributed by atoms with Crippen molar-refractivity contribution in [2.45, 2.75) is 31.0 Å². The van der Waals surface area contributed by atoms with E-state index in [0.29, 0.717) is 12.5 Å². The summed E-state index contributed by atoms with van der Waals surface area (Å²) in [6.07, 6.45) is 3.23. The van der Waals surface area contributed by atoms with Gasteiger partial charge in [0.25, 0.3) is 5.88 Å². The molecular formula is C12H17N5O4. The fourth-order valence-corrected chi connectivity index (χ4v) is 3.07. The first kappa shape index (κ1) is 14.0. The minimum Gasteiger partial charge on any atom is -0.476 e. The summed E-state index contributed by atoms with van der Waals surface area (Å²) in [4.78, 5) is 18.3. The van der Waals surface area contributed by atoms with Gasteiger partial charge in [-0.25, -0.2) is 4.98 Å². The van der Waals surface area contributed by atoms with Crippen molar-refractivity contribution >= 4 is 11.5 Å². The van der Waals surface area contributed by atoms with Crippen LogP contribution in [0.25, 0.3) is 0 Å². The number of hydrogen-bond acceptors (Lipinski definition) is 8. The smallest absolute Gasteiger partial charge is 0.372 e. The fraction of sp³-hybridized carbons (Fsp3) is 0.667. The molecule has 0 amide bonds. The van der Waals surface area contributed by atoms with Gasteiger partial charge in [0.05, 0.1) is 24.2 Å². The van der Waals surface area contributed by atoms with E-state index >= 15 is 0 Å². The van der Waals surface area contributed by atoms with Gasteiger partial charge in [0, 0.05) is 18.6 Å². The highest BCUT2D eigenvalue weighted by molar-refractivity contribution is 5.62. The highest BCUT2D eigenvalue weighted by Crippen LogP contribution is 2.40. The highest BCUT2D eigenvalue weighted by Gasteiger charge is 2.51. The van der Waals surface area contributed by atoms with Crippen molar-refractivity contribution in [2.75, 3.05) is 19.0 Å². The molecule has 114 valence electrons. The Kier molecular flexibility index (Phi) is 3.60. The molecule has 3 rings (SSSR count). The molecule has 4 unspecified atom stereocenters. The summed E-state index contributed by atoms with van der Waals surface area (Å²) in [6.45, 7) is 0.696. The zero-order valence-corrected chi connectivity index (χ0v) is 11.6. The molecule has 0 spiro atoms. The molecular weight excluding hydrogens is 278 g/mol. The Labute approximate surface area is 121 Å². The number of aromatic nitrogens is 2. The minimum absolute atomic E-state index is 0.0192. The van der Waals surface area contributed by atoms with Crippen LogP contribution in [0.1, 0.15) is 12.8 Å². The molecule has 0 radical (unpaired) electrons. The Hall–Kier alpha value is -2.00. The molecule has 4 atom stereocenters. The molecule has 1 aliphatic carbocycles. The Bertz CT molecular complexity index is 554. The Morgan fingerprint density at radius 1 is 1.57 bits per heavy atom. The Morgan fingerprint density at radius 2 is 2.38 bits per heavy atom. The third-order valence-corrected chi connectivity index (χ3v) is 4.15. The van der Waals surface area contributed by atoms with Gasteiger partial charge >= 0.3 is 5.69 Å². The van der Waals surface area contributed by atoms with Gasteiger partial charge in [-0.05, 0) is 12.8 Å². The lowest BCUT2D eigenvalue weighted by molar-refractivity contribution is -0.385. The molecule has 1 saturated heterocycles. The molecule has 1 aliphatic heterocycles. The maximum Gasteiger partial charge on any atom is 0.372 e. The normalized spacial score (nSPS) is 31.0. The van der Waals surface area contributed by atoms with Crippen LogP contribution in [0.2, 0.25) is 0 Å². The average molecular weight is 295 g/mol. The number of fused-ring (bicyclic) bond motifs is 1. The van der Waals surface area contributed by atoms with Gasteiger partial charge in [0.15, 0.2) is 0 Å². The van der Waals surface area contributed by atoms with Gasteiger partial charge in [0.1, 0.15) is 6.33 Å². The number of rotatable bonds is 4. The highest BCUT2D eigenvalue weighted by atomic mass is 16.6. The number of nitro groups is 1. The van der Waals surface area contributed by atoms with E-state index in [-0.39, 0.29) is 35.6 Å². The molecule has 0 bridgehead atoms. The summed E-state index contributed by atoms with van der Waals surface area (Å²) in [5, 5.41) is 14.2. The maximum atomic E-state index is 11.2. The van der Waals surface area contributed by atoms with Crippen molar-refractivity contribution in [1.82, 2.24) is 9.97 Å². The minimum atomic E-state index is -0.565. The number of nitrogens with two attached hydrogens (primary N) is 1. The standard InChI is InChI=1S/C12H17N5O4/c1-20-12-9(17(18)19)11(14-5-15-12)16-8-7(13)6-3-2-4-21-10(6)8/h5-8,10H,2-4,13H2,1H3,(H,14,15,16). The molecule has 1 saturated carbocycles. The molecule has 0 aromatic carbocycles. The average Bonchev–Trinajstić information content (AvgIpc) is 2.51. The molecule has 1 aromatic heterocycles. The zero-order chi connectivity index (χ0) is 15.0. The quantitative estimate of drug-likeness (QED) is 0.600. The topological polar surface area (TPSA) is 125 Å². The Morgan fingerprint density at radius 3 is 3.10 bits per heavy atom.